The van der Waals surface area contributed by atoms with Crippen LogP contribution in [0.2, 0.25) is 0 Å². The number of hydrogen-bond donors (Lipinski definition) is 0. The van der Waals surface area contributed by atoms with Gasteiger partial charge in [0.15, 0.2) is 0 Å². The average molecular weight is 160 g/mol. The fourth-order valence-corrected chi connectivity index (χ4v) is 0.734. The Kier molecular flexibility index (Phi) is 5.40. The van der Waals surface area contributed by atoms with Crippen molar-refractivity contribution in [2.24, 2.45) is 0 Å². The molecule has 1 heterocycles. The first-order valence-electron chi connectivity index (χ1n) is 3.81. The smallest absolute Gasteiger partial charge is 0.412 e. The molecule has 1 fully saturated rings. The van der Waals surface area contributed by atoms with Gasteiger partial charge in [0.25, 0.3) is 0 Å². The highest BCUT2D eigenvalue weighted by atomic mass is 16.6. The van der Waals surface area contributed by atoms with Crippen LogP contribution in [0.4, 0.5) is 0 Å². The Bertz CT molecular complexity index is 52.6. The van der Waals surface area contributed by atoms with Crippen molar-refractivity contribution in [1.82, 2.24) is 0 Å². The molecule has 0 atom stereocenters. The molecule has 5 heteroatoms. The van der Waals surface area contributed by atoms with Gasteiger partial charge in [0.2, 0.25) is 0 Å². The molecule has 0 saturated carbocycles. The molecule has 0 bridgehead atoms. The van der Waals surface area contributed by atoms with Gasteiger partial charge in [0.05, 0.1) is 39.6 Å². The molecule has 4 nitrogen and oxygen atoms in total. The van der Waals surface area contributed by atoms with Crippen LogP contribution in [0.25, 0.3) is 0 Å². The highest BCUT2D eigenvalue weighted by Gasteiger charge is 1.96. The predicted molar refractivity (Wildman–Crippen MR) is 40.7 cm³/mol. The van der Waals surface area contributed by atoms with Crippen LogP contribution in [-0.4, -0.2) is 47.3 Å². The van der Waals surface area contributed by atoms with Crippen molar-refractivity contribution in [2.45, 2.75) is 0 Å². The molecule has 0 N–H and O–H groups in total. The molecule has 0 aliphatic carbocycles. The van der Waals surface area contributed by atoms with E-state index >= 15 is 0 Å². The Labute approximate surface area is 67.1 Å². The Morgan fingerprint density at radius 2 is 1.09 bits per heavy atom. The van der Waals surface area contributed by atoms with E-state index in [0.717, 1.165) is 0 Å². The van der Waals surface area contributed by atoms with Crippen molar-refractivity contribution in [3.05, 3.63) is 0 Å². The number of ether oxygens (including phenoxy) is 2. The van der Waals surface area contributed by atoms with Crippen molar-refractivity contribution in [3.8, 4) is 0 Å². The van der Waals surface area contributed by atoms with Crippen LogP contribution in [0.1, 0.15) is 0 Å². The first kappa shape index (κ1) is 9.00. The minimum absolute atomic E-state index is 0.340. The molecule has 0 radical (unpaired) electrons. The lowest BCUT2D eigenvalue weighted by atomic mass is 10.4. The minimum atomic E-state index is 0.340. The summed E-state index contributed by atoms with van der Waals surface area (Å²) in [5.74, 6) is 0. The van der Waals surface area contributed by atoms with Crippen LogP contribution in [0.15, 0.2) is 0 Å². The fourth-order valence-electron chi connectivity index (χ4n) is 0.734. The van der Waals surface area contributed by atoms with Gasteiger partial charge in [0, 0.05) is 0 Å². The van der Waals surface area contributed by atoms with Crippen molar-refractivity contribution in [2.75, 3.05) is 39.6 Å². The van der Waals surface area contributed by atoms with Crippen molar-refractivity contribution < 1.29 is 18.8 Å². The highest BCUT2D eigenvalue weighted by Crippen LogP contribution is 1.84. The molecule has 0 unspecified atom stereocenters. The van der Waals surface area contributed by atoms with E-state index in [1.165, 1.54) is 0 Å². The molecule has 0 aromatic rings. The van der Waals surface area contributed by atoms with E-state index in [9.17, 15) is 0 Å². The lowest BCUT2D eigenvalue weighted by Crippen LogP contribution is -2.10. The van der Waals surface area contributed by atoms with Gasteiger partial charge in [-0.3, -0.25) is 0 Å². The quantitative estimate of drug-likeness (QED) is 0.440. The maximum atomic E-state index is 5.16. The normalized spacial score (nSPS) is 23.3. The maximum absolute atomic E-state index is 5.16. The van der Waals surface area contributed by atoms with E-state index in [2.05, 4.69) is 0 Å². The first-order chi connectivity index (χ1) is 5.50. The average Bonchev–Trinajstić information content (AvgIpc) is 2.08. The van der Waals surface area contributed by atoms with E-state index in [1.807, 2.05) is 0 Å². The summed E-state index contributed by atoms with van der Waals surface area (Å²) in [6, 6.07) is 0. The second-order valence-corrected chi connectivity index (χ2v) is 2.16. The van der Waals surface area contributed by atoms with Crippen LogP contribution >= 0.6 is 0 Å². The molecular weight excluding hydrogens is 147 g/mol. The molecule has 0 spiro atoms. The topological polar surface area (TPSA) is 36.9 Å². The van der Waals surface area contributed by atoms with Gasteiger partial charge in [-0.25, -0.2) is 0 Å². The molecular formula is C6H13BO4. The molecule has 0 amide bonds. The monoisotopic (exact) mass is 160 g/mol. The summed E-state index contributed by atoms with van der Waals surface area (Å²) in [5.41, 5.74) is 0. The number of hydrogen-bond acceptors (Lipinski definition) is 4. The summed E-state index contributed by atoms with van der Waals surface area (Å²) >= 11 is 0. The summed E-state index contributed by atoms with van der Waals surface area (Å²) in [5, 5.41) is 0. The lowest BCUT2D eigenvalue weighted by molar-refractivity contribution is 0.0375. The minimum Gasteiger partial charge on any atom is -0.412 e. The zero-order chi connectivity index (χ0) is 7.78. The third-order valence-corrected chi connectivity index (χ3v) is 1.28. The Morgan fingerprint density at radius 3 is 1.64 bits per heavy atom. The van der Waals surface area contributed by atoms with Crippen LogP contribution in [0.5, 0.6) is 0 Å². The SMILES string of the molecule is B1OCCOCCOCCO1. The zero-order valence-electron chi connectivity index (χ0n) is 6.58. The largest absolute Gasteiger partial charge is 0.438 e. The second-order valence-electron chi connectivity index (χ2n) is 2.16. The zero-order valence-corrected chi connectivity index (χ0v) is 6.58. The standard InChI is InChI=1S/C6H13BO4/c1-2-9-4-6-11-7-10-5-3-8-1/h7H,1-6H2. The third-order valence-electron chi connectivity index (χ3n) is 1.28. The molecule has 1 saturated heterocycles. The molecule has 1 aliphatic rings. The van der Waals surface area contributed by atoms with E-state index in [4.69, 9.17) is 18.8 Å². The fraction of sp³-hybridized carbons (Fsp3) is 1.00. The van der Waals surface area contributed by atoms with Crippen molar-refractivity contribution >= 4 is 7.69 Å². The van der Waals surface area contributed by atoms with Gasteiger partial charge in [-0.05, 0) is 0 Å². The Balaban J connectivity index is 2.02. The maximum Gasteiger partial charge on any atom is 0.438 e. The van der Waals surface area contributed by atoms with E-state index in [-0.39, 0.29) is 0 Å². The molecule has 0 aromatic heterocycles. The van der Waals surface area contributed by atoms with E-state index < -0.39 is 0 Å². The van der Waals surface area contributed by atoms with Crippen LogP contribution in [-0.2, 0) is 18.8 Å². The second kappa shape index (κ2) is 6.60. The molecule has 1 rings (SSSR count). The van der Waals surface area contributed by atoms with Gasteiger partial charge in [-0.2, -0.15) is 0 Å². The van der Waals surface area contributed by atoms with Crippen LogP contribution < -0.4 is 0 Å². The van der Waals surface area contributed by atoms with Gasteiger partial charge >= 0.3 is 7.69 Å². The summed E-state index contributed by atoms with van der Waals surface area (Å²) in [7, 11) is 0.340. The van der Waals surface area contributed by atoms with E-state index in [0.29, 0.717) is 47.3 Å². The predicted octanol–water partition coefficient (Wildman–Crippen LogP) is -0.667. The summed E-state index contributed by atoms with van der Waals surface area (Å²) in [6.07, 6.45) is 0. The van der Waals surface area contributed by atoms with Gasteiger partial charge < -0.3 is 18.8 Å². The number of rotatable bonds is 0. The summed E-state index contributed by atoms with van der Waals surface area (Å²) < 4.78 is 20.4. The highest BCUT2D eigenvalue weighted by molar-refractivity contribution is 6.17. The van der Waals surface area contributed by atoms with Gasteiger partial charge in [0.1, 0.15) is 0 Å². The Morgan fingerprint density at radius 1 is 0.636 bits per heavy atom. The lowest BCUT2D eigenvalue weighted by Gasteiger charge is -2.01. The van der Waals surface area contributed by atoms with Crippen LogP contribution in [0, 0.1) is 0 Å². The molecule has 64 valence electrons. The van der Waals surface area contributed by atoms with Gasteiger partial charge in [-0.1, -0.05) is 0 Å². The summed E-state index contributed by atoms with van der Waals surface area (Å²) in [6.45, 7) is 3.71. The molecule has 0 aromatic carbocycles. The van der Waals surface area contributed by atoms with Crippen molar-refractivity contribution in [1.29, 1.82) is 0 Å². The van der Waals surface area contributed by atoms with Crippen molar-refractivity contribution in [3.63, 3.8) is 0 Å². The molecule has 1 aliphatic heterocycles. The van der Waals surface area contributed by atoms with Gasteiger partial charge in [-0.15, -0.1) is 0 Å². The van der Waals surface area contributed by atoms with Crippen LogP contribution in [0.3, 0.4) is 0 Å². The van der Waals surface area contributed by atoms with E-state index in [1.54, 1.807) is 0 Å². The third kappa shape index (κ3) is 5.20. The first-order valence-corrected chi connectivity index (χ1v) is 3.81. The summed E-state index contributed by atoms with van der Waals surface area (Å²) in [4.78, 5) is 0. The molecule has 11 heavy (non-hydrogen) atoms. The Hall–Kier alpha value is -0.0951.